The van der Waals surface area contributed by atoms with E-state index in [9.17, 15) is 22.0 Å². The van der Waals surface area contributed by atoms with Crippen LogP contribution in [0.3, 0.4) is 0 Å². The number of pyridine rings is 1. The molecular weight excluding hydrogens is 281 g/mol. The molecular formula is C12H8F5N3. The summed E-state index contributed by atoms with van der Waals surface area (Å²) < 4.78 is 63.7. The third-order valence-electron chi connectivity index (χ3n) is 2.43. The Morgan fingerprint density at radius 2 is 1.75 bits per heavy atom. The summed E-state index contributed by atoms with van der Waals surface area (Å²) in [6.45, 7) is 0. The summed E-state index contributed by atoms with van der Waals surface area (Å²) in [5.74, 6) is -1.75. The number of benzene rings is 1. The maximum Gasteiger partial charge on any atom is 0.433 e. The van der Waals surface area contributed by atoms with Gasteiger partial charge >= 0.3 is 6.18 Å². The van der Waals surface area contributed by atoms with Crippen molar-refractivity contribution in [3.63, 3.8) is 0 Å². The minimum atomic E-state index is -4.65. The third kappa shape index (κ3) is 2.95. The van der Waals surface area contributed by atoms with Crippen LogP contribution in [0.4, 0.5) is 39.0 Å². The van der Waals surface area contributed by atoms with Crippen molar-refractivity contribution >= 4 is 17.1 Å². The lowest BCUT2D eigenvalue weighted by Gasteiger charge is -2.12. The largest absolute Gasteiger partial charge is 0.433 e. The standard InChI is InChI=1S/C12H8F5N3/c13-6-1-2-9(7(14)3-6)20-10-4-11(12(15,16)17)19-5-8(10)18/h1-5H,18H2,(H,19,20). The molecule has 0 saturated carbocycles. The van der Waals surface area contributed by atoms with Gasteiger partial charge in [0.25, 0.3) is 0 Å². The highest BCUT2D eigenvalue weighted by atomic mass is 19.4. The van der Waals surface area contributed by atoms with E-state index in [4.69, 9.17) is 5.73 Å². The van der Waals surface area contributed by atoms with Gasteiger partial charge in [-0.1, -0.05) is 0 Å². The van der Waals surface area contributed by atoms with Crippen molar-refractivity contribution in [2.45, 2.75) is 6.18 Å². The molecule has 0 aliphatic rings. The molecule has 3 N–H and O–H groups in total. The minimum Gasteiger partial charge on any atom is -0.396 e. The number of halogens is 5. The van der Waals surface area contributed by atoms with Gasteiger partial charge < -0.3 is 11.1 Å². The van der Waals surface area contributed by atoms with E-state index in [0.29, 0.717) is 12.1 Å². The van der Waals surface area contributed by atoms with Crippen molar-refractivity contribution in [2.75, 3.05) is 11.1 Å². The number of nitrogen functional groups attached to an aromatic ring is 1. The van der Waals surface area contributed by atoms with Crippen LogP contribution >= 0.6 is 0 Å². The Bertz CT molecular complexity index is 639. The van der Waals surface area contributed by atoms with Crippen molar-refractivity contribution in [3.8, 4) is 0 Å². The normalized spacial score (nSPS) is 11.4. The second-order valence-electron chi connectivity index (χ2n) is 3.90. The summed E-state index contributed by atoms with van der Waals surface area (Å²) in [4.78, 5) is 3.14. The molecule has 3 nitrogen and oxygen atoms in total. The maximum atomic E-state index is 13.4. The first-order chi connectivity index (χ1) is 9.27. The van der Waals surface area contributed by atoms with Crippen LogP contribution in [0.2, 0.25) is 0 Å². The molecule has 0 aliphatic carbocycles. The highest BCUT2D eigenvalue weighted by Crippen LogP contribution is 2.32. The Kier molecular flexibility index (Phi) is 3.47. The zero-order valence-electron chi connectivity index (χ0n) is 9.80. The minimum absolute atomic E-state index is 0.0956. The van der Waals surface area contributed by atoms with E-state index in [-0.39, 0.29) is 17.1 Å². The van der Waals surface area contributed by atoms with Crippen molar-refractivity contribution in [3.05, 3.63) is 47.8 Å². The SMILES string of the molecule is Nc1cnc(C(F)(F)F)cc1Nc1ccc(F)cc1F. The van der Waals surface area contributed by atoms with Gasteiger partial charge in [0.15, 0.2) is 0 Å². The molecule has 1 aromatic carbocycles. The molecule has 2 aromatic rings. The number of nitrogens with one attached hydrogen (secondary N) is 1. The lowest BCUT2D eigenvalue weighted by atomic mass is 10.2. The number of alkyl halides is 3. The maximum absolute atomic E-state index is 13.4. The molecule has 0 spiro atoms. The highest BCUT2D eigenvalue weighted by molar-refractivity contribution is 5.72. The fourth-order valence-electron chi connectivity index (χ4n) is 1.47. The molecule has 8 heteroatoms. The van der Waals surface area contributed by atoms with Gasteiger partial charge in [-0.3, -0.25) is 0 Å². The van der Waals surface area contributed by atoms with Crippen molar-refractivity contribution in [1.29, 1.82) is 0 Å². The van der Waals surface area contributed by atoms with E-state index in [2.05, 4.69) is 10.3 Å². The summed E-state index contributed by atoms with van der Waals surface area (Å²) in [5, 5.41) is 2.37. The summed E-state index contributed by atoms with van der Waals surface area (Å²) in [6.07, 6.45) is -3.84. The van der Waals surface area contributed by atoms with Crippen LogP contribution in [-0.2, 0) is 6.18 Å². The van der Waals surface area contributed by atoms with Crippen LogP contribution < -0.4 is 11.1 Å². The summed E-state index contributed by atoms with van der Waals surface area (Å²) in [7, 11) is 0. The fraction of sp³-hybridized carbons (Fsp3) is 0.0833. The van der Waals surface area contributed by atoms with Crippen molar-refractivity contribution < 1.29 is 22.0 Å². The van der Waals surface area contributed by atoms with E-state index >= 15 is 0 Å². The molecule has 0 atom stereocenters. The molecule has 20 heavy (non-hydrogen) atoms. The average molecular weight is 289 g/mol. The van der Waals surface area contributed by atoms with Gasteiger partial charge in [-0.05, 0) is 18.2 Å². The van der Waals surface area contributed by atoms with Crippen LogP contribution in [-0.4, -0.2) is 4.98 Å². The van der Waals surface area contributed by atoms with Gasteiger partial charge in [-0.15, -0.1) is 0 Å². The molecule has 1 heterocycles. The molecule has 0 saturated heterocycles. The van der Waals surface area contributed by atoms with Crippen molar-refractivity contribution in [1.82, 2.24) is 4.98 Å². The lowest BCUT2D eigenvalue weighted by Crippen LogP contribution is -2.10. The molecule has 2 rings (SSSR count). The predicted octanol–water partition coefficient (Wildman–Crippen LogP) is 3.70. The predicted molar refractivity (Wildman–Crippen MR) is 63.3 cm³/mol. The van der Waals surface area contributed by atoms with E-state index in [0.717, 1.165) is 18.3 Å². The lowest BCUT2D eigenvalue weighted by molar-refractivity contribution is -0.141. The molecule has 0 radical (unpaired) electrons. The number of hydrogen-bond acceptors (Lipinski definition) is 3. The van der Waals surface area contributed by atoms with E-state index < -0.39 is 23.5 Å². The second-order valence-corrected chi connectivity index (χ2v) is 3.90. The number of hydrogen-bond donors (Lipinski definition) is 2. The Labute approximate surface area is 110 Å². The van der Waals surface area contributed by atoms with E-state index in [1.807, 2.05) is 0 Å². The molecule has 0 aliphatic heterocycles. The summed E-state index contributed by atoms with van der Waals surface area (Å²) in [6, 6.07) is 3.27. The molecule has 106 valence electrons. The van der Waals surface area contributed by atoms with Gasteiger partial charge in [0, 0.05) is 6.07 Å². The van der Waals surface area contributed by atoms with Gasteiger partial charge in [-0.2, -0.15) is 13.2 Å². The van der Waals surface area contributed by atoms with E-state index in [1.54, 1.807) is 0 Å². The van der Waals surface area contributed by atoms with Crippen molar-refractivity contribution in [2.24, 2.45) is 0 Å². The topological polar surface area (TPSA) is 50.9 Å². The summed E-state index contributed by atoms with van der Waals surface area (Å²) >= 11 is 0. The zero-order chi connectivity index (χ0) is 14.9. The molecule has 0 unspecified atom stereocenters. The van der Waals surface area contributed by atoms with E-state index in [1.165, 1.54) is 0 Å². The van der Waals surface area contributed by atoms with Gasteiger partial charge in [0.1, 0.15) is 17.3 Å². The second kappa shape index (κ2) is 4.95. The molecule has 1 aromatic heterocycles. The Morgan fingerprint density at radius 1 is 1.05 bits per heavy atom. The molecule has 0 bridgehead atoms. The number of anilines is 3. The average Bonchev–Trinajstić information content (AvgIpc) is 2.33. The number of nitrogens with two attached hydrogens (primary N) is 1. The highest BCUT2D eigenvalue weighted by Gasteiger charge is 2.33. The van der Waals surface area contributed by atoms with Crippen LogP contribution in [0, 0.1) is 11.6 Å². The van der Waals surface area contributed by atoms with Gasteiger partial charge in [-0.25, -0.2) is 13.8 Å². The first-order valence-electron chi connectivity index (χ1n) is 5.32. The Morgan fingerprint density at radius 3 is 2.35 bits per heavy atom. The zero-order valence-corrected chi connectivity index (χ0v) is 9.80. The van der Waals surface area contributed by atoms with Gasteiger partial charge in [0.2, 0.25) is 0 Å². The smallest absolute Gasteiger partial charge is 0.396 e. The first kappa shape index (κ1) is 14.0. The molecule has 0 amide bonds. The first-order valence-corrected chi connectivity index (χ1v) is 5.32. The quantitative estimate of drug-likeness (QED) is 0.829. The number of rotatable bonds is 2. The van der Waals surface area contributed by atoms with Crippen LogP contribution in [0.1, 0.15) is 5.69 Å². The Hall–Kier alpha value is -2.38. The number of nitrogens with zero attached hydrogens (tertiary/aromatic N) is 1. The van der Waals surface area contributed by atoms with Crippen LogP contribution in [0.25, 0.3) is 0 Å². The summed E-state index contributed by atoms with van der Waals surface area (Å²) in [5.41, 5.74) is 3.84. The third-order valence-corrected chi connectivity index (χ3v) is 2.43. The number of aromatic nitrogens is 1. The fourth-order valence-corrected chi connectivity index (χ4v) is 1.47. The van der Waals surface area contributed by atoms with Crippen LogP contribution in [0.5, 0.6) is 0 Å². The molecule has 0 fully saturated rings. The van der Waals surface area contributed by atoms with Gasteiger partial charge in [0.05, 0.1) is 23.3 Å². The van der Waals surface area contributed by atoms with Crippen LogP contribution in [0.15, 0.2) is 30.5 Å². The monoisotopic (exact) mass is 289 g/mol. The Balaban J connectivity index is 2.38.